The highest BCUT2D eigenvalue weighted by atomic mass is 16.5. The standard InChI is InChI=1S/C19H23NO3/c1-14(21)17-7-4-10-20(12-17)19(22)13-23-18-9-8-15-5-2-3-6-16(15)11-18/h2-3,5-6,8-9,11,14,17,21H,4,7,10,12-13H2,1H3. The van der Waals surface area contributed by atoms with Crippen LogP contribution in [0.25, 0.3) is 10.8 Å². The van der Waals surface area contributed by atoms with Gasteiger partial charge in [0, 0.05) is 19.0 Å². The Morgan fingerprint density at radius 1 is 1.30 bits per heavy atom. The summed E-state index contributed by atoms with van der Waals surface area (Å²) in [5, 5.41) is 12.0. The molecule has 1 fully saturated rings. The van der Waals surface area contributed by atoms with Crippen LogP contribution in [0.15, 0.2) is 42.5 Å². The van der Waals surface area contributed by atoms with E-state index in [1.54, 1.807) is 6.92 Å². The molecular weight excluding hydrogens is 290 g/mol. The quantitative estimate of drug-likeness (QED) is 0.944. The van der Waals surface area contributed by atoms with Crippen molar-refractivity contribution in [2.24, 2.45) is 5.92 Å². The average Bonchev–Trinajstić information content (AvgIpc) is 2.59. The summed E-state index contributed by atoms with van der Waals surface area (Å²) in [5.41, 5.74) is 0. The molecule has 3 rings (SSSR count). The predicted molar refractivity (Wildman–Crippen MR) is 90.4 cm³/mol. The van der Waals surface area contributed by atoms with Crippen LogP contribution in [-0.2, 0) is 4.79 Å². The molecule has 122 valence electrons. The molecule has 0 aliphatic carbocycles. The number of hydrogen-bond donors (Lipinski definition) is 1. The molecule has 0 spiro atoms. The number of amides is 1. The summed E-state index contributed by atoms with van der Waals surface area (Å²) in [6.45, 7) is 3.22. The Balaban J connectivity index is 1.59. The first kappa shape index (κ1) is 15.8. The predicted octanol–water partition coefficient (Wildman–Crippen LogP) is 2.84. The minimum absolute atomic E-state index is 0.0106. The fourth-order valence-corrected chi connectivity index (χ4v) is 3.12. The fourth-order valence-electron chi connectivity index (χ4n) is 3.12. The van der Waals surface area contributed by atoms with Crippen molar-refractivity contribution >= 4 is 16.7 Å². The van der Waals surface area contributed by atoms with Crippen LogP contribution in [0.1, 0.15) is 19.8 Å². The molecule has 0 radical (unpaired) electrons. The third kappa shape index (κ3) is 3.82. The van der Waals surface area contributed by atoms with E-state index in [0.717, 1.165) is 30.2 Å². The van der Waals surface area contributed by atoms with Crippen molar-refractivity contribution in [3.63, 3.8) is 0 Å². The molecular formula is C19H23NO3. The Bertz CT molecular complexity index is 683. The lowest BCUT2D eigenvalue weighted by molar-refractivity contribution is -0.136. The van der Waals surface area contributed by atoms with Crippen molar-refractivity contribution in [3.8, 4) is 5.75 Å². The van der Waals surface area contributed by atoms with Gasteiger partial charge in [0.1, 0.15) is 5.75 Å². The Kier molecular flexibility index (Phi) is 4.82. The smallest absolute Gasteiger partial charge is 0.260 e. The van der Waals surface area contributed by atoms with Crippen molar-refractivity contribution in [1.29, 1.82) is 0 Å². The fraction of sp³-hybridized carbons (Fsp3) is 0.421. The highest BCUT2D eigenvalue weighted by Crippen LogP contribution is 2.22. The Morgan fingerprint density at radius 3 is 2.87 bits per heavy atom. The van der Waals surface area contributed by atoms with Gasteiger partial charge in [-0.1, -0.05) is 30.3 Å². The van der Waals surface area contributed by atoms with Crippen molar-refractivity contribution in [3.05, 3.63) is 42.5 Å². The number of carbonyl (C=O) groups excluding carboxylic acids is 1. The number of fused-ring (bicyclic) bond motifs is 1. The molecule has 0 saturated carbocycles. The Labute approximate surface area is 136 Å². The van der Waals surface area contributed by atoms with Crippen LogP contribution in [0.3, 0.4) is 0 Å². The molecule has 4 nitrogen and oxygen atoms in total. The van der Waals surface area contributed by atoms with Gasteiger partial charge in [0.25, 0.3) is 5.91 Å². The first-order valence-corrected chi connectivity index (χ1v) is 8.21. The van der Waals surface area contributed by atoms with Crippen molar-refractivity contribution in [2.45, 2.75) is 25.9 Å². The second-order valence-electron chi connectivity index (χ2n) is 6.28. The van der Waals surface area contributed by atoms with Gasteiger partial charge in [0.05, 0.1) is 6.10 Å². The Morgan fingerprint density at radius 2 is 2.09 bits per heavy atom. The van der Waals surface area contributed by atoms with Gasteiger partial charge in [-0.05, 0) is 42.7 Å². The van der Waals surface area contributed by atoms with Gasteiger partial charge in [0.2, 0.25) is 0 Å². The summed E-state index contributed by atoms with van der Waals surface area (Å²) in [7, 11) is 0. The zero-order valence-corrected chi connectivity index (χ0v) is 13.4. The minimum Gasteiger partial charge on any atom is -0.484 e. The zero-order chi connectivity index (χ0) is 16.2. The van der Waals surface area contributed by atoms with Crippen molar-refractivity contribution in [2.75, 3.05) is 19.7 Å². The lowest BCUT2D eigenvalue weighted by atomic mass is 9.93. The van der Waals surface area contributed by atoms with Crippen LogP contribution in [0, 0.1) is 5.92 Å². The third-order valence-electron chi connectivity index (χ3n) is 4.58. The normalized spacial score (nSPS) is 19.6. The highest BCUT2D eigenvalue weighted by molar-refractivity contribution is 5.84. The van der Waals surface area contributed by atoms with Crippen LogP contribution >= 0.6 is 0 Å². The topological polar surface area (TPSA) is 49.8 Å². The summed E-state index contributed by atoms with van der Waals surface area (Å²) in [5.74, 6) is 0.873. The van der Waals surface area contributed by atoms with Gasteiger partial charge in [-0.15, -0.1) is 0 Å². The van der Waals surface area contributed by atoms with Gasteiger partial charge in [-0.25, -0.2) is 0 Å². The van der Waals surface area contributed by atoms with E-state index in [9.17, 15) is 9.90 Å². The maximum Gasteiger partial charge on any atom is 0.260 e. The number of carbonyl (C=O) groups is 1. The molecule has 1 heterocycles. The molecule has 2 aromatic carbocycles. The molecule has 4 heteroatoms. The van der Waals surface area contributed by atoms with Crippen LogP contribution in [-0.4, -0.2) is 41.7 Å². The van der Waals surface area contributed by atoms with Crippen LogP contribution in [0.4, 0.5) is 0 Å². The van der Waals surface area contributed by atoms with Crippen LogP contribution in [0.2, 0.25) is 0 Å². The zero-order valence-electron chi connectivity index (χ0n) is 13.4. The first-order chi connectivity index (χ1) is 11.1. The largest absolute Gasteiger partial charge is 0.484 e. The van der Waals surface area contributed by atoms with E-state index in [2.05, 4.69) is 0 Å². The lowest BCUT2D eigenvalue weighted by Crippen LogP contribution is -2.44. The maximum atomic E-state index is 12.3. The Hall–Kier alpha value is -2.07. The molecule has 1 saturated heterocycles. The first-order valence-electron chi connectivity index (χ1n) is 8.21. The molecule has 2 unspecified atom stereocenters. The number of likely N-dealkylation sites (tertiary alicyclic amines) is 1. The van der Waals surface area contributed by atoms with Gasteiger partial charge in [-0.2, -0.15) is 0 Å². The number of rotatable bonds is 4. The lowest BCUT2D eigenvalue weighted by Gasteiger charge is -2.34. The molecule has 1 amide bonds. The van der Waals surface area contributed by atoms with E-state index in [-0.39, 0.29) is 24.5 Å². The van der Waals surface area contributed by atoms with Crippen LogP contribution < -0.4 is 4.74 Å². The van der Waals surface area contributed by atoms with E-state index < -0.39 is 0 Å². The van der Waals surface area contributed by atoms with Gasteiger partial charge >= 0.3 is 0 Å². The van der Waals surface area contributed by atoms with Gasteiger partial charge in [0.15, 0.2) is 6.61 Å². The number of aliphatic hydroxyl groups is 1. The maximum absolute atomic E-state index is 12.3. The monoisotopic (exact) mass is 313 g/mol. The number of benzene rings is 2. The number of hydrogen-bond acceptors (Lipinski definition) is 3. The van der Waals surface area contributed by atoms with Crippen molar-refractivity contribution < 1.29 is 14.6 Å². The molecule has 2 aromatic rings. The van der Waals surface area contributed by atoms with E-state index >= 15 is 0 Å². The molecule has 1 N–H and O–H groups in total. The van der Waals surface area contributed by atoms with Crippen molar-refractivity contribution in [1.82, 2.24) is 4.90 Å². The molecule has 1 aliphatic heterocycles. The minimum atomic E-state index is -0.369. The summed E-state index contributed by atoms with van der Waals surface area (Å²) >= 11 is 0. The summed E-state index contributed by atoms with van der Waals surface area (Å²) in [6, 6.07) is 13.9. The summed E-state index contributed by atoms with van der Waals surface area (Å²) in [4.78, 5) is 14.1. The third-order valence-corrected chi connectivity index (χ3v) is 4.58. The number of nitrogens with zero attached hydrogens (tertiary/aromatic N) is 1. The molecule has 23 heavy (non-hydrogen) atoms. The SMILES string of the molecule is CC(O)C1CCCN(C(=O)COc2ccc3ccccc3c2)C1. The molecule has 2 atom stereocenters. The number of aliphatic hydroxyl groups excluding tert-OH is 1. The number of piperidine rings is 1. The summed E-state index contributed by atoms with van der Waals surface area (Å²) < 4.78 is 5.67. The van der Waals surface area contributed by atoms with E-state index in [4.69, 9.17) is 4.74 Å². The molecule has 1 aliphatic rings. The number of ether oxygens (including phenoxy) is 1. The highest BCUT2D eigenvalue weighted by Gasteiger charge is 2.26. The average molecular weight is 313 g/mol. The van der Waals surface area contributed by atoms with Crippen LogP contribution in [0.5, 0.6) is 5.75 Å². The molecule has 0 aromatic heterocycles. The van der Waals surface area contributed by atoms with Gasteiger partial charge < -0.3 is 14.7 Å². The second kappa shape index (κ2) is 7.01. The van der Waals surface area contributed by atoms with E-state index in [1.807, 2.05) is 47.4 Å². The van der Waals surface area contributed by atoms with Gasteiger partial charge in [-0.3, -0.25) is 4.79 Å². The second-order valence-corrected chi connectivity index (χ2v) is 6.28. The molecule has 0 bridgehead atoms. The van der Waals surface area contributed by atoms with E-state index in [0.29, 0.717) is 12.3 Å². The summed E-state index contributed by atoms with van der Waals surface area (Å²) in [6.07, 6.45) is 1.55. The van der Waals surface area contributed by atoms with E-state index in [1.165, 1.54) is 0 Å².